The summed E-state index contributed by atoms with van der Waals surface area (Å²) in [5, 5.41) is 3.78. The lowest BCUT2D eigenvalue weighted by atomic mass is 9.48. The molecule has 3 aromatic carbocycles. The van der Waals surface area contributed by atoms with E-state index in [-0.39, 0.29) is 17.9 Å². The van der Waals surface area contributed by atoms with E-state index >= 15 is 0 Å². The van der Waals surface area contributed by atoms with Crippen LogP contribution in [0.3, 0.4) is 0 Å². The summed E-state index contributed by atoms with van der Waals surface area (Å²) in [6, 6.07) is 23.3. The van der Waals surface area contributed by atoms with Crippen molar-refractivity contribution in [1.82, 2.24) is 0 Å². The van der Waals surface area contributed by atoms with E-state index in [4.69, 9.17) is 18.9 Å². The number of fused-ring (bicyclic) bond motifs is 3. The molecule has 1 aliphatic heterocycles. The average Bonchev–Trinajstić information content (AvgIpc) is 3.51. The van der Waals surface area contributed by atoms with Crippen molar-refractivity contribution >= 4 is 42.3 Å². The molecule has 8 saturated carbocycles. The highest BCUT2D eigenvalue weighted by Gasteiger charge is 2.57. The molecule has 0 radical (unpaired) electrons. The molecule has 2 atom stereocenters. The number of carbonyl (C=O) groups is 3. The van der Waals surface area contributed by atoms with Gasteiger partial charge in [-0.25, -0.2) is 4.79 Å². The first kappa shape index (κ1) is 36.4. The molecule has 8 bridgehead atoms. The SMILES string of the molecule is COc1ccc([SiH]2c3ccccc3-c3ccccc32)cc1C(CC(=O)OC1(C)C2CC3CC(C2)CC1C3)C(=O)OCC(=O)OC(C)C12CC3CC(CC(C3)C1)C2. The summed E-state index contributed by atoms with van der Waals surface area (Å²) >= 11 is 0. The van der Waals surface area contributed by atoms with E-state index in [9.17, 15) is 14.4 Å². The molecule has 0 saturated heterocycles. The molecule has 2 unspecified atom stereocenters. The van der Waals surface area contributed by atoms with Crippen molar-refractivity contribution in [2.24, 2.45) is 46.8 Å². The molecule has 294 valence electrons. The minimum absolute atomic E-state index is 0.0317. The van der Waals surface area contributed by atoms with Gasteiger partial charge in [0.1, 0.15) is 26.3 Å². The maximum Gasteiger partial charge on any atom is 0.344 e. The third kappa shape index (κ3) is 6.15. The number of hydrogen-bond acceptors (Lipinski definition) is 7. The summed E-state index contributed by atoms with van der Waals surface area (Å²) < 4.78 is 24.4. The van der Waals surface area contributed by atoms with Crippen LogP contribution in [0.1, 0.15) is 102 Å². The molecule has 0 aromatic heterocycles. The van der Waals surface area contributed by atoms with Crippen LogP contribution >= 0.6 is 0 Å². The van der Waals surface area contributed by atoms with E-state index in [0.717, 1.165) is 79.7 Å². The molecule has 9 aliphatic rings. The van der Waals surface area contributed by atoms with Gasteiger partial charge in [-0.2, -0.15) is 0 Å². The second-order valence-electron chi connectivity index (χ2n) is 19.3. The standard InChI is InChI=1S/C48H56O7Si/c1-28(48-24-31-15-32(25-48)17-33(16-31)26-48)54-45(50)27-53-46(51)40(23-44(49)55-47(2)34-18-29-14-30(20-34)21-35(47)19-29)39-22-36(12-13-41(39)52-3)56-42-10-6-4-8-37(42)38-9-5-7-11-43(38)56/h4-13,22,28-35,40,56H,14-21,23-27H2,1-3H3. The molecular formula is C48H56O7Si. The summed E-state index contributed by atoms with van der Waals surface area (Å²) in [5.74, 6) is 2.31. The number of benzene rings is 3. The average molecular weight is 773 g/mol. The van der Waals surface area contributed by atoms with Crippen LogP contribution in [0.4, 0.5) is 0 Å². The first-order chi connectivity index (χ1) is 27.1. The van der Waals surface area contributed by atoms with Gasteiger partial charge < -0.3 is 18.9 Å². The van der Waals surface area contributed by atoms with Gasteiger partial charge >= 0.3 is 17.9 Å². The number of hydrogen-bond donors (Lipinski definition) is 0. The molecule has 3 aromatic rings. The van der Waals surface area contributed by atoms with E-state index in [0.29, 0.717) is 23.1 Å². The predicted octanol–water partition coefficient (Wildman–Crippen LogP) is 6.85. The van der Waals surface area contributed by atoms with Crippen molar-refractivity contribution in [3.63, 3.8) is 0 Å². The van der Waals surface area contributed by atoms with Crippen LogP contribution in [-0.4, -0.2) is 52.1 Å². The van der Waals surface area contributed by atoms with E-state index in [1.165, 1.54) is 47.2 Å². The molecular weight excluding hydrogens is 717 g/mol. The van der Waals surface area contributed by atoms with Gasteiger partial charge in [0.05, 0.1) is 19.4 Å². The number of methoxy groups -OCH3 is 1. The molecule has 56 heavy (non-hydrogen) atoms. The minimum atomic E-state index is -1.93. The van der Waals surface area contributed by atoms with Gasteiger partial charge in [0.15, 0.2) is 6.61 Å². The number of esters is 3. The van der Waals surface area contributed by atoms with Gasteiger partial charge in [0.25, 0.3) is 0 Å². The first-order valence-corrected chi connectivity index (χ1v) is 23.3. The Morgan fingerprint density at radius 2 is 1.29 bits per heavy atom. The van der Waals surface area contributed by atoms with Crippen molar-refractivity contribution in [1.29, 1.82) is 0 Å². The Kier molecular flexibility index (Phi) is 9.03. The van der Waals surface area contributed by atoms with Gasteiger partial charge in [-0.15, -0.1) is 0 Å². The highest BCUT2D eigenvalue weighted by atomic mass is 28.3. The monoisotopic (exact) mass is 772 g/mol. The lowest BCUT2D eigenvalue weighted by molar-refractivity contribution is -0.204. The van der Waals surface area contributed by atoms with Crippen LogP contribution in [0.25, 0.3) is 11.1 Å². The van der Waals surface area contributed by atoms with Crippen LogP contribution in [0, 0.1) is 46.8 Å². The van der Waals surface area contributed by atoms with E-state index in [1.807, 2.05) is 13.0 Å². The van der Waals surface area contributed by atoms with Gasteiger partial charge in [-0.1, -0.05) is 65.9 Å². The topological polar surface area (TPSA) is 88.1 Å². The summed E-state index contributed by atoms with van der Waals surface area (Å²) in [6.45, 7) is 3.68. The summed E-state index contributed by atoms with van der Waals surface area (Å²) in [5.41, 5.74) is 2.59. The Hall–Kier alpha value is -3.91. The van der Waals surface area contributed by atoms with Crippen LogP contribution in [0.2, 0.25) is 0 Å². The van der Waals surface area contributed by atoms with Crippen molar-refractivity contribution in [3.8, 4) is 16.9 Å². The van der Waals surface area contributed by atoms with E-state index in [1.54, 1.807) is 7.11 Å². The van der Waals surface area contributed by atoms with Crippen molar-refractivity contribution in [3.05, 3.63) is 72.3 Å². The minimum Gasteiger partial charge on any atom is -0.496 e. The molecule has 12 rings (SSSR count). The first-order valence-electron chi connectivity index (χ1n) is 21.5. The lowest BCUT2D eigenvalue weighted by Crippen LogP contribution is -2.58. The molecule has 0 N–H and O–H groups in total. The Morgan fingerprint density at radius 1 is 0.732 bits per heavy atom. The van der Waals surface area contributed by atoms with Crippen LogP contribution in [-0.2, 0) is 28.6 Å². The zero-order chi connectivity index (χ0) is 38.3. The Morgan fingerprint density at radius 3 is 1.86 bits per heavy atom. The van der Waals surface area contributed by atoms with Crippen LogP contribution in [0.15, 0.2) is 66.7 Å². The zero-order valence-corrected chi connectivity index (χ0v) is 34.3. The molecule has 8 fully saturated rings. The van der Waals surface area contributed by atoms with E-state index < -0.39 is 44.8 Å². The molecule has 8 aliphatic carbocycles. The zero-order valence-electron chi connectivity index (χ0n) is 33.2. The molecule has 1 heterocycles. The fraction of sp³-hybridized carbons (Fsp3) is 0.562. The van der Waals surface area contributed by atoms with Crippen LogP contribution in [0.5, 0.6) is 5.75 Å². The largest absolute Gasteiger partial charge is 0.496 e. The number of rotatable bonds is 11. The van der Waals surface area contributed by atoms with Gasteiger partial charge in [-0.3, -0.25) is 9.59 Å². The highest BCUT2D eigenvalue weighted by Crippen LogP contribution is 2.62. The fourth-order valence-electron chi connectivity index (χ4n) is 14.0. The summed E-state index contributed by atoms with van der Waals surface area (Å²) in [4.78, 5) is 42.1. The Labute approximate surface area is 332 Å². The maximum absolute atomic E-state index is 14.4. The second kappa shape index (κ2) is 13.9. The Bertz CT molecular complexity index is 1950. The smallest absolute Gasteiger partial charge is 0.344 e. The quantitative estimate of drug-likeness (QED) is 0.0937. The predicted molar refractivity (Wildman–Crippen MR) is 217 cm³/mol. The summed E-state index contributed by atoms with van der Waals surface area (Å²) in [7, 11) is -0.340. The molecule has 0 spiro atoms. The van der Waals surface area contributed by atoms with Gasteiger partial charge in [0, 0.05) is 11.0 Å². The molecule has 8 heteroatoms. The second-order valence-corrected chi connectivity index (χ2v) is 22.1. The normalized spacial score (nSPS) is 34.0. The molecule has 7 nitrogen and oxygen atoms in total. The lowest BCUT2D eigenvalue weighted by Gasteiger charge is -2.59. The van der Waals surface area contributed by atoms with Crippen molar-refractivity contribution < 1.29 is 33.3 Å². The highest BCUT2D eigenvalue weighted by molar-refractivity contribution is 6.99. The number of carbonyl (C=O) groups excluding carboxylic acids is 3. The summed E-state index contributed by atoms with van der Waals surface area (Å²) in [6.07, 6.45) is 12.6. The van der Waals surface area contributed by atoms with Crippen molar-refractivity contribution in [2.75, 3.05) is 13.7 Å². The third-order valence-corrected chi connectivity index (χ3v) is 19.4. The number of ether oxygens (including phenoxy) is 4. The molecule has 0 amide bonds. The van der Waals surface area contributed by atoms with Crippen LogP contribution < -0.4 is 20.3 Å². The van der Waals surface area contributed by atoms with Crippen molar-refractivity contribution in [2.45, 2.75) is 109 Å². The maximum atomic E-state index is 14.4. The van der Waals surface area contributed by atoms with Gasteiger partial charge in [-0.05, 0) is 153 Å². The fourth-order valence-corrected chi connectivity index (χ4v) is 17.5. The third-order valence-electron chi connectivity index (χ3n) is 16.1. The van der Waals surface area contributed by atoms with Gasteiger partial charge in [0.2, 0.25) is 0 Å². The van der Waals surface area contributed by atoms with E-state index in [2.05, 4.69) is 67.6 Å². The Balaban J connectivity index is 0.924.